The molecule has 0 bridgehead atoms. The van der Waals surface area contributed by atoms with Crippen molar-refractivity contribution in [2.75, 3.05) is 12.4 Å². The topological polar surface area (TPSA) is 81.4 Å². The predicted octanol–water partition coefficient (Wildman–Crippen LogP) is 1.92. The molecule has 1 rings (SSSR count). The SMILES string of the molecule is COC(=O)c1cc(F)ccc1NC(=O)CC(N)C(C)C. The first-order valence-corrected chi connectivity index (χ1v) is 6.28. The average molecular weight is 282 g/mol. The number of methoxy groups -OCH3 is 1. The molecule has 0 aromatic heterocycles. The van der Waals surface area contributed by atoms with Crippen molar-refractivity contribution in [1.29, 1.82) is 0 Å². The molecule has 0 radical (unpaired) electrons. The van der Waals surface area contributed by atoms with E-state index in [1.165, 1.54) is 13.2 Å². The van der Waals surface area contributed by atoms with Gasteiger partial charge in [0.25, 0.3) is 0 Å². The van der Waals surface area contributed by atoms with Gasteiger partial charge in [0, 0.05) is 12.5 Å². The Balaban J connectivity index is 2.87. The second-order valence-electron chi connectivity index (χ2n) is 4.84. The van der Waals surface area contributed by atoms with Crippen molar-refractivity contribution < 1.29 is 18.7 Å². The van der Waals surface area contributed by atoms with Gasteiger partial charge in [0.1, 0.15) is 5.82 Å². The van der Waals surface area contributed by atoms with Crippen molar-refractivity contribution >= 4 is 17.6 Å². The van der Waals surface area contributed by atoms with E-state index in [0.29, 0.717) is 0 Å². The van der Waals surface area contributed by atoms with Gasteiger partial charge in [0.2, 0.25) is 5.91 Å². The molecule has 20 heavy (non-hydrogen) atoms. The molecule has 0 aliphatic carbocycles. The van der Waals surface area contributed by atoms with Gasteiger partial charge in [-0.1, -0.05) is 13.8 Å². The van der Waals surface area contributed by atoms with Gasteiger partial charge in [-0.05, 0) is 24.1 Å². The highest BCUT2D eigenvalue weighted by molar-refractivity contribution is 6.01. The maximum atomic E-state index is 13.2. The zero-order chi connectivity index (χ0) is 15.3. The molecule has 0 fully saturated rings. The van der Waals surface area contributed by atoms with E-state index in [2.05, 4.69) is 10.1 Å². The first-order valence-electron chi connectivity index (χ1n) is 6.28. The van der Waals surface area contributed by atoms with E-state index in [9.17, 15) is 14.0 Å². The number of anilines is 1. The van der Waals surface area contributed by atoms with Crippen molar-refractivity contribution in [3.63, 3.8) is 0 Å². The summed E-state index contributed by atoms with van der Waals surface area (Å²) in [4.78, 5) is 23.4. The number of halogens is 1. The number of amides is 1. The first kappa shape index (κ1) is 16.1. The van der Waals surface area contributed by atoms with Crippen LogP contribution in [-0.4, -0.2) is 25.0 Å². The third kappa shape index (κ3) is 4.31. The van der Waals surface area contributed by atoms with E-state index in [4.69, 9.17) is 5.73 Å². The summed E-state index contributed by atoms with van der Waals surface area (Å²) in [6.45, 7) is 3.82. The maximum absolute atomic E-state index is 13.2. The molecule has 0 aliphatic heterocycles. The Bertz CT molecular complexity index is 503. The number of carbonyl (C=O) groups is 2. The van der Waals surface area contributed by atoms with E-state index >= 15 is 0 Å². The van der Waals surface area contributed by atoms with Crippen LogP contribution in [0.5, 0.6) is 0 Å². The Labute approximate surface area is 117 Å². The molecule has 1 amide bonds. The van der Waals surface area contributed by atoms with E-state index in [1.807, 2.05) is 13.8 Å². The lowest BCUT2D eigenvalue weighted by molar-refractivity contribution is -0.116. The number of hydrogen-bond acceptors (Lipinski definition) is 4. The number of benzene rings is 1. The molecule has 0 heterocycles. The summed E-state index contributed by atoms with van der Waals surface area (Å²) >= 11 is 0. The Morgan fingerprint density at radius 3 is 2.60 bits per heavy atom. The van der Waals surface area contributed by atoms with Crippen LogP contribution in [0.3, 0.4) is 0 Å². The second-order valence-corrected chi connectivity index (χ2v) is 4.84. The fourth-order valence-corrected chi connectivity index (χ4v) is 1.56. The van der Waals surface area contributed by atoms with Crippen LogP contribution in [0, 0.1) is 11.7 Å². The molecule has 1 aromatic rings. The standard InChI is InChI=1S/C14H19FN2O3/c1-8(2)11(16)7-13(18)17-12-5-4-9(15)6-10(12)14(19)20-3/h4-6,8,11H,7,16H2,1-3H3,(H,17,18). The van der Waals surface area contributed by atoms with E-state index < -0.39 is 11.8 Å². The fraction of sp³-hybridized carbons (Fsp3) is 0.429. The van der Waals surface area contributed by atoms with E-state index in [-0.39, 0.29) is 35.5 Å². The molecule has 110 valence electrons. The lowest BCUT2D eigenvalue weighted by Gasteiger charge is -2.16. The summed E-state index contributed by atoms with van der Waals surface area (Å²) in [6, 6.07) is 3.21. The molecule has 0 saturated carbocycles. The minimum absolute atomic E-state index is 0.0287. The van der Waals surface area contributed by atoms with E-state index in [0.717, 1.165) is 12.1 Å². The van der Waals surface area contributed by atoms with Gasteiger partial charge in [0.05, 0.1) is 18.4 Å². The van der Waals surface area contributed by atoms with E-state index in [1.54, 1.807) is 0 Å². The van der Waals surface area contributed by atoms with Crippen molar-refractivity contribution in [3.8, 4) is 0 Å². The lowest BCUT2D eigenvalue weighted by atomic mass is 10.0. The zero-order valence-corrected chi connectivity index (χ0v) is 11.8. The van der Waals surface area contributed by atoms with Gasteiger partial charge in [-0.15, -0.1) is 0 Å². The number of esters is 1. The Morgan fingerprint density at radius 2 is 2.05 bits per heavy atom. The largest absolute Gasteiger partial charge is 0.465 e. The smallest absolute Gasteiger partial charge is 0.340 e. The molecule has 1 aromatic carbocycles. The van der Waals surface area contributed by atoms with Crippen LogP contribution < -0.4 is 11.1 Å². The molecule has 0 saturated heterocycles. The number of nitrogens with one attached hydrogen (secondary N) is 1. The Morgan fingerprint density at radius 1 is 1.40 bits per heavy atom. The molecular formula is C14H19FN2O3. The summed E-state index contributed by atoms with van der Waals surface area (Å²) in [7, 11) is 1.19. The van der Waals surface area contributed by atoms with Crippen molar-refractivity contribution in [2.24, 2.45) is 11.7 Å². The normalized spacial score (nSPS) is 12.1. The highest BCUT2D eigenvalue weighted by Gasteiger charge is 2.17. The highest BCUT2D eigenvalue weighted by Crippen LogP contribution is 2.18. The van der Waals surface area contributed by atoms with Crippen LogP contribution in [-0.2, 0) is 9.53 Å². The summed E-state index contributed by atoms with van der Waals surface area (Å²) < 4.78 is 17.7. The summed E-state index contributed by atoms with van der Waals surface area (Å²) in [5.74, 6) is -1.47. The third-order valence-electron chi connectivity index (χ3n) is 2.94. The van der Waals surface area contributed by atoms with Crippen LogP contribution in [0.1, 0.15) is 30.6 Å². The number of carbonyl (C=O) groups excluding carboxylic acids is 2. The Kier molecular flexibility index (Phi) is 5.64. The van der Waals surface area contributed by atoms with Gasteiger partial charge in [-0.2, -0.15) is 0 Å². The average Bonchev–Trinajstić information content (AvgIpc) is 2.39. The van der Waals surface area contributed by atoms with Gasteiger partial charge < -0.3 is 15.8 Å². The van der Waals surface area contributed by atoms with Gasteiger partial charge in [-0.25, -0.2) is 9.18 Å². The van der Waals surface area contributed by atoms with Crippen LogP contribution in [0.15, 0.2) is 18.2 Å². The van der Waals surface area contributed by atoms with Crippen molar-refractivity contribution in [2.45, 2.75) is 26.3 Å². The van der Waals surface area contributed by atoms with Gasteiger partial charge in [-0.3, -0.25) is 4.79 Å². The van der Waals surface area contributed by atoms with Crippen molar-refractivity contribution in [1.82, 2.24) is 0 Å². The van der Waals surface area contributed by atoms with Crippen LogP contribution in [0.2, 0.25) is 0 Å². The molecule has 0 aliphatic rings. The second kappa shape index (κ2) is 7.00. The molecule has 1 unspecified atom stereocenters. The summed E-state index contributed by atoms with van der Waals surface area (Å²) in [5, 5.41) is 2.55. The van der Waals surface area contributed by atoms with Crippen molar-refractivity contribution in [3.05, 3.63) is 29.6 Å². The number of nitrogens with two attached hydrogens (primary N) is 1. The highest BCUT2D eigenvalue weighted by atomic mass is 19.1. The minimum Gasteiger partial charge on any atom is -0.465 e. The fourth-order valence-electron chi connectivity index (χ4n) is 1.56. The molecule has 3 N–H and O–H groups in total. The first-order chi connectivity index (χ1) is 9.35. The zero-order valence-electron chi connectivity index (χ0n) is 11.8. The minimum atomic E-state index is -0.715. The number of ether oxygens (including phenoxy) is 1. The summed E-state index contributed by atoms with van der Waals surface area (Å²) in [5.41, 5.74) is 5.99. The van der Waals surface area contributed by atoms with Crippen LogP contribution >= 0.6 is 0 Å². The Hall–Kier alpha value is -1.95. The van der Waals surface area contributed by atoms with Gasteiger partial charge >= 0.3 is 5.97 Å². The monoisotopic (exact) mass is 282 g/mol. The quantitative estimate of drug-likeness (QED) is 0.808. The molecule has 6 heteroatoms. The van der Waals surface area contributed by atoms with Gasteiger partial charge in [0.15, 0.2) is 0 Å². The van der Waals surface area contributed by atoms with Crippen LogP contribution in [0.25, 0.3) is 0 Å². The molecule has 1 atom stereocenters. The predicted molar refractivity (Wildman–Crippen MR) is 73.8 cm³/mol. The number of hydrogen-bond donors (Lipinski definition) is 2. The third-order valence-corrected chi connectivity index (χ3v) is 2.94. The molecular weight excluding hydrogens is 263 g/mol. The lowest BCUT2D eigenvalue weighted by Crippen LogP contribution is -2.31. The maximum Gasteiger partial charge on any atom is 0.340 e. The summed E-state index contributed by atoms with van der Waals surface area (Å²) in [6.07, 6.45) is 0.121. The number of rotatable bonds is 5. The molecule has 0 spiro atoms. The molecule has 5 nitrogen and oxygen atoms in total. The van der Waals surface area contributed by atoms with Crippen LogP contribution in [0.4, 0.5) is 10.1 Å².